The highest BCUT2D eigenvalue weighted by molar-refractivity contribution is 5.50. The van der Waals surface area contributed by atoms with Gasteiger partial charge in [0.05, 0.1) is 0 Å². The van der Waals surface area contributed by atoms with Crippen molar-refractivity contribution in [2.45, 2.75) is 93.2 Å². The van der Waals surface area contributed by atoms with Crippen molar-refractivity contribution < 1.29 is 4.79 Å². The molecule has 2 heteroatoms. The SMILES string of the molecule is CC(C)(C)CC(C)(C)N(C=O)C(C)(C)CC(C)(C)C. The molecule has 0 radical (unpaired) electrons. The zero-order chi connectivity index (χ0) is 15.7. The fourth-order valence-corrected chi connectivity index (χ4v) is 3.87. The van der Waals surface area contributed by atoms with Crippen molar-refractivity contribution in [3.8, 4) is 0 Å². The Morgan fingerprint density at radius 3 is 1.11 bits per heavy atom. The standard InChI is InChI=1S/C17H35NO/c1-14(2,3)11-16(7,8)18(13-19)17(9,10)12-15(4,5)6/h13H,11-12H2,1-10H3. The van der Waals surface area contributed by atoms with E-state index in [2.05, 4.69) is 69.2 Å². The first kappa shape index (κ1) is 18.5. The quantitative estimate of drug-likeness (QED) is 0.652. The summed E-state index contributed by atoms with van der Waals surface area (Å²) in [6.07, 6.45) is 3.02. The molecule has 0 spiro atoms. The van der Waals surface area contributed by atoms with Crippen molar-refractivity contribution in [1.82, 2.24) is 4.90 Å². The maximum atomic E-state index is 11.7. The Labute approximate surface area is 120 Å². The lowest BCUT2D eigenvalue weighted by atomic mass is 9.75. The Morgan fingerprint density at radius 1 is 0.684 bits per heavy atom. The number of hydrogen-bond acceptors (Lipinski definition) is 1. The van der Waals surface area contributed by atoms with Gasteiger partial charge in [0.15, 0.2) is 0 Å². The van der Waals surface area contributed by atoms with Gasteiger partial charge in [-0.1, -0.05) is 41.5 Å². The van der Waals surface area contributed by atoms with Crippen LogP contribution in [0.25, 0.3) is 0 Å². The van der Waals surface area contributed by atoms with Crippen LogP contribution < -0.4 is 0 Å². The van der Waals surface area contributed by atoms with Crippen LogP contribution in [0.1, 0.15) is 82.1 Å². The Kier molecular flexibility index (Phi) is 5.30. The first-order chi connectivity index (χ1) is 8.11. The first-order valence-corrected chi connectivity index (χ1v) is 7.36. The average Bonchev–Trinajstić information content (AvgIpc) is 1.91. The summed E-state index contributed by atoms with van der Waals surface area (Å²) in [6, 6.07) is 0. The van der Waals surface area contributed by atoms with E-state index in [0.29, 0.717) is 0 Å². The minimum Gasteiger partial charge on any atom is -0.335 e. The van der Waals surface area contributed by atoms with E-state index in [4.69, 9.17) is 0 Å². The molecule has 0 N–H and O–H groups in total. The molecule has 2 nitrogen and oxygen atoms in total. The van der Waals surface area contributed by atoms with Gasteiger partial charge in [-0.05, 0) is 51.4 Å². The fourth-order valence-electron chi connectivity index (χ4n) is 3.87. The summed E-state index contributed by atoms with van der Waals surface area (Å²) in [7, 11) is 0. The predicted molar refractivity (Wildman–Crippen MR) is 84.2 cm³/mol. The minimum atomic E-state index is -0.130. The van der Waals surface area contributed by atoms with Crippen molar-refractivity contribution in [3.63, 3.8) is 0 Å². The Morgan fingerprint density at radius 2 is 0.947 bits per heavy atom. The Hall–Kier alpha value is -0.530. The summed E-state index contributed by atoms with van der Waals surface area (Å²) in [5.74, 6) is 0. The van der Waals surface area contributed by atoms with Gasteiger partial charge in [-0.25, -0.2) is 0 Å². The largest absolute Gasteiger partial charge is 0.335 e. The third-order valence-electron chi connectivity index (χ3n) is 3.34. The minimum absolute atomic E-state index is 0.130. The van der Waals surface area contributed by atoms with Crippen LogP contribution in [0.3, 0.4) is 0 Å². The van der Waals surface area contributed by atoms with E-state index in [1.165, 1.54) is 0 Å². The number of rotatable bonds is 5. The molecule has 0 saturated heterocycles. The van der Waals surface area contributed by atoms with Crippen LogP contribution in [0.2, 0.25) is 0 Å². The molecule has 0 aromatic carbocycles. The number of carbonyl (C=O) groups excluding carboxylic acids is 1. The first-order valence-electron chi connectivity index (χ1n) is 7.36. The highest BCUT2D eigenvalue weighted by Gasteiger charge is 2.40. The summed E-state index contributed by atoms with van der Waals surface area (Å²) in [5, 5.41) is 0. The van der Waals surface area contributed by atoms with Crippen molar-refractivity contribution in [2.24, 2.45) is 10.8 Å². The molecular formula is C17H35NO. The maximum Gasteiger partial charge on any atom is 0.210 e. The molecular weight excluding hydrogens is 234 g/mol. The van der Waals surface area contributed by atoms with E-state index in [1.807, 2.05) is 4.90 Å². The summed E-state index contributed by atoms with van der Waals surface area (Å²) in [6.45, 7) is 22.1. The lowest BCUT2D eigenvalue weighted by Gasteiger charge is -2.50. The van der Waals surface area contributed by atoms with Gasteiger partial charge in [-0.2, -0.15) is 0 Å². The van der Waals surface area contributed by atoms with Crippen LogP contribution in [0.4, 0.5) is 0 Å². The molecule has 0 heterocycles. The smallest absolute Gasteiger partial charge is 0.210 e. The molecule has 0 aromatic heterocycles. The van der Waals surface area contributed by atoms with Crippen molar-refractivity contribution in [2.75, 3.05) is 0 Å². The molecule has 0 unspecified atom stereocenters. The second-order valence-corrected chi connectivity index (χ2v) is 9.58. The number of amides is 1. The molecule has 0 rings (SSSR count). The Bertz CT molecular complexity index is 274. The normalized spacial score (nSPS) is 14.4. The van der Waals surface area contributed by atoms with E-state index in [1.54, 1.807) is 0 Å². The highest BCUT2D eigenvalue weighted by Crippen LogP contribution is 2.38. The van der Waals surface area contributed by atoms with Gasteiger partial charge < -0.3 is 4.90 Å². The summed E-state index contributed by atoms with van der Waals surface area (Å²) < 4.78 is 0. The fraction of sp³-hybridized carbons (Fsp3) is 0.941. The molecule has 114 valence electrons. The van der Waals surface area contributed by atoms with Gasteiger partial charge in [0.2, 0.25) is 6.41 Å². The van der Waals surface area contributed by atoms with Gasteiger partial charge >= 0.3 is 0 Å². The average molecular weight is 269 g/mol. The lowest BCUT2D eigenvalue weighted by molar-refractivity contribution is -0.133. The third kappa shape index (κ3) is 6.44. The van der Waals surface area contributed by atoms with Crippen LogP contribution in [0.5, 0.6) is 0 Å². The van der Waals surface area contributed by atoms with E-state index < -0.39 is 0 Å². The lowest BCUT2D eigenvalue weighted by Crippen LogP contribution is -2.57. The van der Waals surface area contributed by atoms with E-state index in [9.17, 15) is 4.79 Å². The van der Waals surface area contributed by atoms with Gasteiger partial charge in [-0.3, -0.25) is 4.79 Å². The highest BCUT2D eigenvalue weighted by atomic mass is 16.1. The van der Waals surface area contributed by atoms with Crippen LogP contribution in [-0.4, -0.2) is 22.4 Å². The van der Waals surface area contributed by atoms with Crippen molar-refractivity contribution >= 4 is 6.41 Å². The molecule has 19 heavy (non-hydrogen) atoms. The van der Waals surface area contributed by atoms with Gasteiger partial charge in [-0.15, -0.1) is 0 Å². The van der Waals surface area contributed by atoms with E-state index in [-0.39, 0.29) is 21.9 Å². The van der Waals surface area contributed by atoms with Crippen molar-refractivity contribution in [3.05, 3.63) is 0 Å². The monoisotopic (exact) mass is 269 g/mol. The van der Waals surface area contributed by atoms with E-state index in [0.717, 1.165) is 19.3 Å². The summed E-state index contributed by atoms with van der Waals surface area (Å²) in [5.41, 5.74) is 0.161. The maximum absolute atomic E-state index is 11.7. The zero-order valence-corrected chi connectivity index (χ0v) is 14.8. The van der Waals surface area contributed by atoms with Gasteiger partial charge in [0.1, 0.15) is 0 Å². The Balaban J connectivity index is 5.24. The predicted octanol–water partition coefficient (Wildman–Crippen LogP) is 4.87. The second-order valence-electron chi connectivity index (χ2n) is 9.58. The molecule has 0 atom stereocenters. The van der Waals surface area contributed by atoms with Gasteiger partial charge in [0.25, 0.3) is 0 Å². The van der Waals surface area contributed by atoms with Crippen LogP contribution in [-0.2, 0) is 4.79 Å². The number of nitrogens with zero attached hydrogens (tertiary/aromatic N) is 1. The molecule has 0 aliphatic rings. The molecule has 0 aromatic rings. The third-order valence-corrected chi connectivity index (χ3v) is 3.34. The topological polar surface area (TPSA) is 20.3 Å². The van der Waals surface area contributed by atoms with Crippen LogP contribution >= 0.6 is 0 Å². The molecule has 0 aliphatic carbocycles. The zero-order valence-electron chi connectivity index (χ0n) is 14.8. The van der Waals surface area contributed by atoms with Crippen molar-refractivity contribution in [1.29, 1.82) is 0 Å². The van der Waals surface area contributed by atoms with Gasteiger partial charge in [0, 0.05) is 11.1 Å². The summed E-state index contributed by atoms with van der Waals surface area (Å²) in [4.78, 5) is 13.7. The van der Waals surface area contributed by atoms with Crippen LogP contribution in [0, 0.1) is 10.8 Å². The number of hydrogen-bond donors (Lipinski definition) is 0. The second kappa shape index (κ2) is 5.46. The summed E-state index contributed by atoms with van der Waals surface area (Å²) >= 11 is 0. The molecule has 0 bridgehead atoms. The molecule has 1 amide bonds. The molecule has 0 saturated carbocycles. The van der Waals surface area contributed by atoms with Crippen LogP contribution in [0.15, 0.2) is 0 Å². The molecule has 0 aliphatic heterocycles. The number of carbonyl (C=O) groups is 1. The van der Waals surface area contributed by atoms with E-state index >= 15 is 0 Å². The molecule has 0 fully saturated rings.